The molecule has 4 nitrogen and oxygen atoms in total. The van der Waals surface area contributed by atoms with E-state index in [1.807, 2.05) is 0 Å². The van der Waals surface area contributed by atoms with Crippen LogP contribution in [0.2, 0.25) is 0 Å². The van der Waals surface area contributed by atoms with E-state index in [-0.39, 0.29) is 18.8 Å². The van der Waals surface area contributed by atoms with Gasteiger partial charge in [0.2, 0.25) is 0 Å². The second kappa shape index (κ2) is 13.9. The highest BCUT2D eigenvalue weighted by Crippen LogP contribution is 2.48. The third kappa shape index (κ3) is 12.4. The van der Waals surface area contributed by atoms with Crippen molar-refractivity contribution in [2.24, 2.45) is 0 Å². The molecule has 0 aromatic heterocycles. The van der Waals surface area contributed by atoms with Gasteiger partial charge in [-0.1, -0.05) is 0 Å². The third-order valence-corrected chi connectivity index (χ3v) is 4.44. The van der Waals surface area contributed by atoms with Crippen LogP contribution in [0.25, 0.3) is 0 Å². The molecule has 0 amide bonds. The summed E-state index contributed by atoms with van der Waals surface area (Å²) in [6.45, 7) is 1.02. The summed E-state index contributed by atoms with van der Waals surface area (Å²) in [5, 5.41) is 0. The molecule has 0 bridgehead atoms. The molecular weight excluding hydrogens is 333 g/mol. The molecule has 19 heavy (non-hydrogen) atoms. The molecule has 0 aromatic carbocycles. The molecule has 0 aliphatic heterocycles. The molecule has 0 aromatic rings. The zero-order valence-corrected chi connectivity index (χ0v) is 14.2. The lowest BCUT2D eigenvalue weighted by molar-refractivity contribution is 0.128. The van der Waals surface area contributed by atoms with Gasteiger partial charge >= 0.3 is 7.60 Å². The zero-order valence-electron chi connectivity index (χ0n) is 11.0. The van der Waals surface area contributed by atoms with Gasteiger partial charge in [0.25, 0.3) is 0 Å². The molecule has 0 aliphatic carbocycles. The monoisotopic (exact) mass is 354 g/mol. The van der Waals surface area contributed by atoms with Crippen molar-refractivity contribution in [1.82, 2.24) is 0 Å². The number of unbranched alkanes of at least 4 members (excludes halogenated alkanes) is 2. The van der Waals surface area contributed by atoms with E-state index in [4.69, 9.17) is 48.6 Å². The van der Waals surface area contributed by atoms with Gasteiger partial charge in [0.15, 0.2) is 0 Å². The fourth-order valence-corrected chi connectivity index (χ4v) is 3.08. The molecule has 0 aliphatic rings. The number of halogens is 3. The lowest BCUT2D eigenvalue weighted by Crippen LogP contribution is -2.07. The maximum Gasteiger partial charge on any atom is 0.356 e. The molecule has 0 rings (SSSR count). The van der Waals surface area contributed by atoms with Crippen LogP contribution in [0, 0.1) is 0 Å². The Balaban J connectivity index is 3.92. The minimum atomic E-state index is -3.21. The van der Waals surface area contributed by atoms with Crippen molar-refractivity contribution in [1.29, 1.82) is 0 Å². The number of alkyl halides is 3. The van der Waals surface area contributed by atoms with Crippen molar-refractivity contribution >= 4 is 42.4 Å². The summed E-state index contributed by atoms with van der Waals surface area (Å²) in [6, 6.07) is 0. The predicted octanol–water partition coefficient (Wildman–Crippen LogP) is 4.46. The Morgan fingerprint density at radius 1 is 0.737 bits per heavy atom. The molecule has 1 atom stereocenters. The maximum absolute atomic E-state index is 12.3. The van der Waals surface area contributed by atoms with E-state index in [1.165, 1.54) is 0 Å². The SMILES string of the molecule is O=P(COCCCCCl)(OCCCl)OCCCCCl. The highest BCUT2D eigenvalue weighted by molar-refractivity contribution is 7.53. The van der Waals surface area contributed by atoms with Crippen LogP contribution in [0.1, 0.15) is 25.7 Å². The van der Waals surface area contributed by atoms with Gasteiger partial charge in [0.1, 0.15) is 6.35 Å². The minimum absolute atomic E-state index is 0.0486. The second-order valence-electron chi connectivity index (χ2n) is 3.80. The fourth-order valence-electron chi connectivity index (χ4n) is 1.16. The van der Waals surface area contributed by atoms with Crippen LogP contribution < -0.4 is 0 Å². The molecular formula is C11H22Cl3O4P. The van der Waals surface area contributed by atoms with Crippen LogP contribution in [-0.4, -0.2) is 43.8 Å². The Morgan fingerprint density at radius 3 is 1.89 bits per heavy atom. The summed E-state index contributed by atoms with van der Waals surface area (Å²) >= 11 is 16.6. The molecule has 116 valence electrons. The van der Waals surface area contributed by atoms with E-state index < -0.39 is 7.60 Å². The van der Waals surface area contributed by atoms with Gasteiger partial charge in [-0.15, -0.1) is 34.8 Å². The predicted molar refractivity (Wildman–Crippen MR) is 81.0 cm³/mol. The van der Waals surface area contributed by atoms with Crippen molar-refractivity contribution in [2.75, 3.05) is 43.8 Å². The van der Waals surface area contributed by atoms with Crippen LogP contribution >= 0.6 is 42.4 Å². The van der Waals surface area contributed by atoms with Gasteiger partial charge in [-0.3, -0.25) is 4.57 Å². The molecule has 0 radical (unpaired) electrons. The number of ether oxygens (including phenoxy) is 1. The van der Waals surface area contributed by atoms with Crippen molar-refractivity contribution in [3.63, 3.8) is 0 Å². The second-order valence-corrected chi connectivity index (χ2v) is 6.93. The van der Waals surface area contributed by atoms with E-state index in [2.05, 4.69) is 0 Å². The first-order chi connectivity index (χ1) is 9.18. The Labute approximate surface area is 130 Å². The lowest BCUT2D eigenvalue weighted by Gasteiger charge is -2.18. The van der Waals surface area contributed by atoms with Crippen molar-refractivity contribution < 1.29 is 18.3 Å². The van der Waals surface area contributed by atoms with Crippen LogP contribution in [-0.2, 0) is 18.3 Å². The van der Waals surface area contributed by atoms with E-state index in [9.17, 15) is 4.57 Å². The maximum atomic E-state index is 12.3. The zero-order chi connectivity index (χ0) is 14.4. The first-order valence-electron chi connectivity index (χ1n) is 6.32. The molecule has 0 N–H and O–H groups in total. The number of hydrogen-bond acceptors (Lipinski definition) is 4. The first kappa shape index (κ1) is 20.0. The summed E-state index contributed by atoms with van der Waals surface area (Å²) in [6.07, 6.45) is 3.20. The van der Waals surface area contributed by atoms with Crippen LogP contribution in [0.15, 0.2) is 0 Å². The Hall–Kier alpha value is 0.980. The topological polar surface area (TPSA) is 44.8 Å². The van der Waals surface area contributed by atoms with Crippen LogP contribution in [0.3, 0.4) is 0 Å². The summed E-state index contributed by atoms with van der Waals surface area (Å²) in [5.74, 6) is 1.42. The van der Waals surface area contributed by atoms with E-state index in [0.717, 1.165) is 25.7 Å². The van der Waals surface area contributed by atoms with Crippen molar-refractivity contribution in [3.05, 3.63) is 0 Å². The first-order valence-corrected chi connectivity index (χ1v) is 9.65. The Kier molecular flexibility index (Phi) is 14.7. The van der Waals surface area contributed by atoms with Gasteiger partial charge in [-0.05, 0) is 25.7 Å². The van der Waals surface area contributed by atoms with E-state index in [1.54, 1.807) is 0 Å². The number of hydrogen-bond donors (Lipinski definition) is 0. The third-order valence-electron chi connectivity index (χ3n) is 2.10. The van der Waals surface area contributed by atoms with Crippen LogP contribution in [0.4, 0.5) is 0 Å². The summed E-state index contributed by atoms with van der Waals surface area (Å²) in [7, 11) is -3.21. The highest BCUT2D eigenvalue weighted by atomic mass is 35.5. The molecule has 0 saturated carbocycles. The van der Waals surface area contributed by atoms with Crippen LogP contribution in [0.5, 0.6) is 0 Å². The summed E-state index contributed by atoms with van der Waals surface area (Å²) < 4.78 is 28.1. The average molecular weight is 356 g/mol. The van der Waals surface area contributed by atoms with E-state index >= 15 is 0 Å². The van der Waals surface area contributed by atoms with Gasteiger partial charge in [-0.2, -0.15) is 0 Å². The minimum Gasteiger partial charge on any atom is -0.369 e. The molecule has 0 saturated heterocycles. The van der Waals surface area contributed by atoms with Crippen molar-refractivity contribution in [3.8, 4) is 0 Å². The molecule has 0 spiro atoms. The smallest absolute Gasteiger partial charge is 0.356 e. The Morgan fingerprint density at radius 2 is 1.32 bits per heavy atom. The summed E-state index contributed by atoms with van der Waals surface area (Å²) in [5.41, 5.74) is 0. The lowest BCUT2D eigenvalue weighted by atomic mass is 10.4. The quantitative estimate of drug-likeness (QED) is 0.262. The average Bonchev–Trinajstić information content (AvgIpc) is 2.41. The van der Waals surface area contributed by atoms with Gasteiger partial charge in [0.05, 0.1) is 13.2 Å². The van der Waals surface area contributed by atoms with Gasteiger partial charge in [-0.25, -0.2) is 0 Å². The highest BCUT2D eigenvalue weighted by Gasteiger charge is 2.24. The largest absolute Gasteiger partial charge is 0.369 e. The number of rotatable bonds is 14. The normalized spacial score (nSPS) is 14.5. The fraction of sp³-hybridized carbons (Fsp3) is 1.00. The molecule has 0 heterocycles. The van der Waals surface area contributed by atoms with Gasteiger partial charge < -0.3 is 13.8 Å². The Bertz CT molecular complexity index is 244. The molecule has 0 fully saturated rings. The van der Waals surface area contributed by atoms with Gasteiger partial charge in [0, 0.05) is 24.2 Å². The van der Waals surface area contributed by atoms with Crippen molar-refractivity contribution in [2.45, 2.75) is 25.7 Å². The molecule has 1 unspecified atom stereocenters. The summed E-state index contributed by atoms with van der Waals surface area (Å²) in [4.78, 5) is 0. The standard InChI is InChI=1S/C11H22Cl3O4P/c12-5-1-3-8-16-11-19(15,18-10-7-14)17-9-4-2-6-13/h1-11H2. The molecule has 8 heteroatoms. The van der Waals surface area contributed by atoms with E-state index in [0.29, 0.717) is 25.0 Å².